The maximum absolute atomic E-state index is 12.8. The zero-order valence-electron chi connectivity index (χ0n) is 15.9. The van der Waals surface area contributed by atoms with E-state index in [1.807, 2.05) is 47.0 Å². The molecular formula is C22H22N2O3S. The number of carbonyl (C=O) groups excluding carboxylic acids is 2. The Bertz CT molecular complexity index is 1080. The van der Waals surface area contributed by atoms with Gasteiger partial charge in [-0.25, -0.2) is 4.79 Å². The summed E-state index contributed by atoms with van der Waals surface area (Å²) < 4.78 is 7.99. The van der Waals surface area contributed by atoms with Crippen LogP contribution in [0.5, 0.6) is 0 Å². The number of para-hydroxylation sites is 1. The molecule has 1 saturated carbocycles. The predicted octanol–water partition coefficient (Wildman–Crippen LogP) is 4.06. The highest BCUT2D eigenvalue weighted by Crippen LogP contribution is 2.48. The Hall–Kier alpha value is -2.73. The van der Waals surface area contributed by atoms with Gasteiger partial charge in [-0.1, -0.05) is 53.8 Å². The minimum atomic E-state index is -0.549. The van der Waals surface area contributed by atoms with E-state index in [-0.39, 0.29) is 23.7 Å². The molecule has 144 valence electrons. The lowest BCUT2D eigenvalue weighted by atomic mass is 10.1. The topological polar surface area (TPSA) is 60.7 Å². The van der Waals surface area contributed by atoms with Gasteiger partial charge in [0, 0.05) is 5.92 Å². The smallest absolute Gasteiger partial charge is 0.328 e. The quantitative estimate of drug-likeness (QED) is 0.613. The molecular weight excluding hydrogens is 372 g/mol. The second-order valence-corrected chi connectivity index (χ2v) is 7.97. The fourth-order valence-electron chi connectivity index (χ4n) is 3.53. The average molecular weight is 394 g/mol. The molecule has 6 heteroatoms. The third kappa shape index (κ3) is 3.52. The zero-order chi connectivity index (χ0) is 19.7. The van der Waals surface area contributed by atoms with Gasteiger partial charge in [-0.15, -0.1) is 0 Å². The van der Waals surface area contributed by atoms with Crippen molar-refractivity contribution in [3.63, 3.8) is 0 Å². The van der Waals surface area contributed by atoms with Gasteiger partial charge >= 0.3 is 5.97 Å². The highest BCUT2D eigenvalue weighted by molar-refractivity contribution is 7.16. The molecule has 5 nitrogen and oxygen atoms in total. The molecule has 1 fully saturated rings. The SMILES string of the molecule is CCOC(=O)C(C)n1c(=NC(=O)C2CC2c2ccccc2)sc2ccccc21. The van der Waals surface area contributed by atoms with Gasteiger partial charge in [-0.05, 0) is 43.9 Å². The van der Waals surface area contributed by atoms with Gasteiger partial charge in [0.15, 0.2) is 4.80 Å². The van der Waals surface area contributed by atoms with E-state index in [2.05, 4.69) is 17.1 Å². The van der Waals surface area contributed by atoms with Crippen LogP contribution in [-0.2, 0) is 14.3 Å². The molecule has 0 radical (unpaired) electrons. The van der Waals surface area contributed by atoms with Crippen molar-refractivity contribution in [3.05, 3.63) is 65.0 Å². The number of aromatic nitrogens is 1. The van der Waals surface area contributed by atoms with Gasteiger partial charge in [0.05, 0.1) is 16.8 Å². The molecule has 0 N–H and O–H groups in total. The van der Waals surface area contributed by atoms with Crippen molar-refractivity contribution >= 4 is 33.4 Å². The number of ether oxygens (including phenoxy) is 1. The van der Waals surface area contributed by atoms with E-state index in [1.54, 1.807) is 13.8 Å². The van der Waals surface area contributed by atoms with Gasteiger partial charge in [0.2, 0.25) is 0 Å². The van der Waals surface area contributed by atoms with Crippen LogP contribution in [0.3, 0.4) is 0 Å². The molecule has 3 aromatic rings. The Labute approximate surface area is 167 Å². The van der Waals surface area contributed by atoms with Gasteiger partial charge in [0.1, 0.15) is 6.04 Å². The summed E-state index contributed by atoms with van der Waals surface area (Å²) in [5, 5.41) is 0. The number of thiazole rings is 1. The number of esters is 1. The standard InChI is InChI=1S/C22H22N2O3S/c1-3-27-21(26)14(2)24-18-11-7-8-12-19(18)28-22(24)23-20(25)17-13-16(17)15-9-5-4-6-10-15/h4-12,14,16-17H,3,13H2,1-2H3. The molecule has 28 heavy (non-hydrogen) atoms. The Kier molecular flexibility index (Phi) is 5.13. The zero-order valence-corrected chi connectivity index (χ0v) is 16.7. The van der Waals surface area contributed by atoms with Gasteiger partial charge in [-0.3, -0.25) is 4.79 Å². The lowest BCUT2D eigenvalue weighted by molar-refractivity contribution is -0.146. The number of nitrogens with zero attached hydrogens (tertiary/aromatic N) is 2. The molecule has 0 bridgehead atoms. The van der Waals surface area contributed by atoms with Crippen LogP contribution in [0.2, 0.25) is 0 Å². The monoisotopic (exact) mass is 394 g/mol. The van der Waals surface area contributed by atoms with Crippen LogP contribution in [0.15, 0.2) is 59.6 Å². The number of carbonyl (C=O) groups is 2. The van der Waals surface area contributed by atoms with E-state index >= 15 is 0 Å². The second-order valence-electron chi connectivity index (χ2n) is 6.96. The molecule has 1 aromatic heterocycles. The Morgan fingerprint density at radius 1 is 1.18 bits per heavy atom. The predicted molar refractivity (Wildman–Crippen MR) is 109 cm³/mol. The molecule has 0 spiro atoms. The van der Waals surface area contributed by atoms with Gasteiger partial charge in [0.25, 0.3) is 5.91 Å². The van der Waals surface area contributed by atoms with E-state index < -0.39 is 6.04 Å². The van der Waals surface area contributed by atoms with E-state index in [1.165, 1.54) is 16.9 Å². The fourth-order valence-corrected chi connectivity index (χ4v) is 4.63. The van der Waals surface area contributed by atoms with E-state index in [4.69, 9.17) is 4.74 Å². The van der Waals surface area contributed by atoms with Crippen molar-refractivity contribution in [2.75, 3.05) is 6.61 Å². The molecule has 1 aliphatic carbocycles. The van der Waals surface area contributed by atoms with E-state index in [0.29, 0.717) is 11.4 Å². The highest BCUT2D eigenvalue weighted by Gasteiger charge is 2.44. The fraction of sp³-hybridized carbons (Fsp3) is 0.318. The summed E-state index contributed by atoms with van der Waals surface area (Å²) in [4.78, 5) is 30.1. The van der Waals surface area contributed by atoms with E-state index in [9.17, 15) is 9.59 Å². The summed E-state index contributed by atoms with van der Waals surface area (Å²) in [6, 6.07) is 17.3. The molecule has 3 unspecified atom stereocenters. The van der Waals surface area contributed by atoms with Crippen molar-refractivity contribution in [2.45, 2.75) is 32.2 Å². The third-order valence-electron chi connectivity index (χ3n) is 5.09. The first-order valence-electron chi connectivity index (χ1n) is 9.50. The lowest BCUT2D eigenvalue weighted by Gasteiger charge is -2.13. The molecule has 4 rings (SSSR count). The molecule has 1 amide bonds. The van der Waals surface area contributed by atoms with Crippen LogP contribution in [-0.4, -0.2) is 23.1 Å². The van der Waals surface area contributed by atoms with Gasteiger partial charge in [-0.2, -0.15) is 4.99 Å². The minimum Gasteiger partial charge on any atom is -0.464 e. The summed E-state index contributed by atoms with van der Waals surface area (Å²) in [6.07, 6.45) is 0.824. The number of hydrogen-bond donors (Lipinski definition) is 0. The molecule has 1 heterocycles. The summed E-state index contributed by atoms with van der Waals surface area (Å²) in [6.45, 7) is 3.88. The summed E-state index contributed by atoms with van der Waals surface area (Å²) in [5.41, 5.74) is 2.06. The van der Waals surface area contributed by atoms with Crippen LogP contribution >= 0.6 is 11.3 Å². The van der Waals surface area contributed by atoms with Crippen molar-refractivity contribution in [1.82, 2.24) is 4.57 Å². The Morgan fingerprint density at radius 2 is 1.89 bits per heavy atom. The summed E-state index contributed by atoms with van der Waals surface area (Å²) in [7, 11) is 0. The third-order valence-corrected chi connectivity index (χ3v) is 6.12. The minimum absolute atomic E-state index is 0.0843. The number of fused-ring (bicyclic) bond motifs is 1. The second kappa shape index (κ2) is 7.72. The lowest BCUT2D eigenvalue weighted by Crippen LogP contribution is -2.27. The Balaban J connectivity index is 1.69. The van der Waals surface area contributed by atoms with Crippen molar-refractivity contribution in [2.24, 2.45) is 10.9 Å². The molecule has 3 atom stereocenters. The first-order valence-corrected chi connectivity index (χ1v) is 10.3. The molecule has 1 aliphatic rings. The van der Waals surface area contributed by atoms with Crippen molar-refractivity contribution < 1.29 is 14.3 Å². The van der Waals surface area contributed by atoms with Crippen LogP contribution < -0.4 is 4.80 Å². The summed E-state index contributed by atoms with van der Waals surface area (Å²) >= 11 is 1.43. The van der Waals surface area contributed by atoms with Crippen molar-refractivity contribution in [3.8, 4) is 0 Å². The average Bonchev–Trinajstić information content (AvgIpc) is 3.44. The maximum Gasteiger partial charge on any atom is 0.328 e. The van der Waals surface area contributed by atoms with Crippen LogP contribution in [0.25, 0.3) is 10.2 Å². The van der Waals surface area contributed by atoms with Crippen LogP contribution in [0, 0.1) is 5.92 Å². The first kappa shape index (κ1) is 18.6. The van der Waals surface area contributed by atoms with Crippen molar-refractivity contribution in [1.29, 1.82) is 0 Å². The normalized spacial score (nSPS) is 20.1. The number of hydrogen-bond acceptors (Lipinski definition) is 4. The number of benzene rings is 2. The van der Waals surface area contributed by atoms with Crippen LogP contribution in [0.4, 0.5) is 0 Å². The Morgan fingerprint density at radius 3 is 2.64 bits per heavy atom. The maximum atomic E-state index is 12.8. The first-order chi connectivity index (χ1) is 13.6. The number of amides is 1. The highest BCUT2D eigenvalue weighted by atomic mass is 32.1. The largest absolute Gasteiger partial charge is 0.464 e. The molecule has 2 aromatic carbocycles. The van der Waals surface area contributed by atoms with Crippen LogP contribution in [0.1, 0.15) is 37.8 Å². The number of rotatable bonds is 5. The van der Waals surface area contributed by atoms with E-state index in [0.717, 1.165) is 16.6 Å². The molecule has 0 saturated heterocycles. The summed E-state index contributed by atoms with van der Waals surface area (Å²) in [5.74, 6) is -0.291. The van der Waals surface area contributed by atoms with Gasteiger partial charge < -0.3 is 9.30 Å². The molecule has 0 aliphatic heterocycles.